The predicted molar refractivity (Wildman–Crippen MR) is 575 cm³/mol. The van der Waals surface area contributed by atoms with Crippen molar-refractivity contribution in [3.8, 4) is 0 Å². The van der Waals surface area contributed by atoms with Gasteiger partial charge in [-0.25, -0.2) is 33.9 Å². The van der Waals surface area contributed by atoms with E-state index in [-0.39, 0.29) is 137 Å². The van der Waals surface area contributed by atoms with E-state index in [4.69, 9.17) is 34.9 Å². The topological polar surface area (TPSA) is 415 Å². The molecule has 0 radical (unpaired) electrons. The van der Waals surface area contributed by atoms with Crippen LogP contribution in [0, 0.1) is 11.8 Å². The maximum absolute atomic E-state index is 14.0. The lowest BCUT2D eigenvalue weighted by Gasteiger charge is -2.29. The molecule has 3 fully saturated rings. The van der Waals surface area contributed by atoms with Crippen molar-refractivity contribution in [2.24, 2.45) is 17.6 Å². The molecule has 784 valence electrons. The number of thiazole rings is 5. The van der Waals surface area contributed by atoms with Gasteiger partial charge < -0.3 is 81.5 Å². The maximum atomic E-state index is 14.0. The molecule has 145 heavy (non-hydrogen) atoms. The van der Waals surface area contributed by atoms with Gasteiger partial charge in [0.25, 0.3) is 0 Å². The number of carboxylic acids is 1. The molecule has 0 aliphatic carbocycles. The van der Waals surface area contributed by atoms with Gasteiger partial charge in [-0.2, -0.15) is 0 Å². The molecular formula is C108H142Cl2N14O16S5. The molecule has 0 bridgehead atoms. The monoisotopic (exact) mass is 2120 g/mol. The second-order valence-electron chi connectivity index (χ2n) is 38.0. The number of carbonyl (C=O) groups is 8. The quantitative estimate of drug-likeness (QED) is 0.0159. The number of ether oxygens (including phenoxy) is 4. The molecule has 12 atom stereocenters. The van der Waals surface area contributed by atoms with Crippen molar-refractivity contribution in [1.82, 2.24) is 66.2 Å². The minimum atomic E-state index is -0.883. The molecule has 0 unspecified atom stereocenters. The molecule has 0 saturated carbocycles. The maximum Gasteiger partial charge on any atom is 0.410 e. The number of amides is 6. The van der Waals surface area contributed by atoms with E-state index in [2.05, 4.69) is 121 Å². The second-order valence-corrected chi connectivity index (χ2v) is 42.7. The number of aliphatic hydroxyl groups excluding tert-OH is 3. The number of carbonyl (C=O) groups excluding carboxylic acids is 7. The van der Waals surface area contributed by atoms with Gasteiger partial charge in [0.1, 0.15) is 31.5 Å². The number of benzene rings is 6. The fourth-order valence-electron chi connectivity index (χ4n) is 16.9. The number of ketones is 2. The normalized spacial score (nSPS) is 16.9. The Hall–Kier alpha value is -11.0. The van der Waals surface area contributed by atoms with Crippen molar-refractivity contribution >= 4 is 129 Å². The van der Waals surface area contributed by atoms with E-state index < -0.39 is 72.4 Å². The number of hydrogen-bond acceptors (Lipinski definition) is 28. The van der Waals surface area contributed by atoms with Crippen LogP contribution in [0.25, 0.3) is 0 Å². The fraction of sp³-hybridized carbons (Fsp3) is 0.454. The highest BCUT2D eigenvalue weighted by Gasteiger charge is 2.43. The van der Waals surface area contributed by atoms with E-state index in [1.54, 1.807) is 90.5 Å². The lowest BCUT2D eigenvalue weighted by molar-refractivity contribution is -0.139. The zero-order valence-electron chi connectivity index (χ0n) is 83.9. The van der Waals surface area contributed by atoms with E-state index in [0.29, 0.717) is 82.7 Å². The summed E-state index contributed by atoms with van der Waals surface area (Å²) in [5, 5.41) is 59.4. The number of aromatic nitrogens is 5. The number of aliphatic hydroxyl groups is 3. The van der Waals surface area contributed by atoms with Crippen molar-refractivity contribution in [3.63, 3.8) is 0 Å². The molecule has 11 aromatic rings. The minimum absolute atomic E-state index is 0. The van der Waals surface area contributed by atoms with Crippen LogP contribution in [-0.2, 0) is 105 Å². The average molecular weight is 2120 g/mol. The molecule has 3 aliphatic heterocycles. The molecular weight excluding hydrogens is 1980 g/mol. The third-order valence-electron chi connectivity index (χ3n) is 24.0. The highest BCUT2D eigenvalue weighted by Crippen LogP contribution is 2.32. The number of aliphatic carboxylic acids is 1. The van der Waals surface area contributed by atoms with E-state index in [0.717, 1.165) is 85.5 Å². The number of nitrogens with zero attached hydrogens (tertiary/aromatic N) is 8. The summed E-state index contributed by atoms with van der Waals surface area (Å²) < 4.78 is 21.8. The Morgan fingerprint density at radius 2 is 0.828 bits per heavy atom. The van der Waals surface area contributed by atoms with Crippen LogP contribution < -0.4 is 32.3 Å². The molecule has 3 aliphatic rings. The number of likely N-dealkylation sites (tertiary alicyclic amines) is 2. The average Bonchev–Trinajstić information content (AvgIpc) is 1.68. The number of nitrogens with two attached hydrogens (primary N) is 1. The van der Waals surface area contributed by atoms with Crippen LogP contribution in [0.2, 0.25) is 0 Å². The molecule has 6 aromatic carbocycles. The van der Waals surface area contributed by atoms with Gasteiger partial charge in [-0.15, -0.1) is 81.5 Å². The number of halogens is 2. The summed E-state index contributed by atoms with van der Waals surface area (Å²) in [6, 6.07) is 57.7. The standard InChI is InChI=1S/C38H47N5O5S2.C34H43N3O6S.C23H27N3O2S.C8H14N2S.C5H9NO3.2ClH/c1-26(2)36-40-31(24-49-36)21-42(3)38(47)43-22-32(44)19-34(43)35(45)18-29(16-27-10-6-4-7-11-27)14-15-30(17-28-12-8-5-9-13-28)41-37(46)48-23-33-20-39-25-50-33;1-34(2,3)43-33(41)37-21-28(38)19-30(37)31(39)18-26(16-24-10-6-4-7-11-24)14-15-27(17-25-12-8-5-9-13-25)36-32(40)42-22-29-20-35-23-44-29;24-20(13-18-7-3-1-4-8-18)11-12-21(14-19-9-5-2-6-10-19)26-23(27)28-16-22-15-25-17-29-22;1-6(2)8-10-7(4-9-3)5-11-8;7-3-1-4(5(8)9)6-2-3;;/h4-13,20,24-26,29-30,32,34,44H,14-19,21-23H2,1-3H3,(H,41,46);4-13,20,23,26-28,30,38H,14-19,21-22H2,1-3H3,(H,36,40);1-10,15,17,20-21H,11-14,16,24H2,(H,26,27);5-6,9H,4H2,1-3H3;3-4,6-7H,1-2H2,(H,8,9);2*1H/t29-,30-,32+,34+;26-,27-,28+,30+;20-,21-;;3-,4-;;/m111.0../s1. The number of hydrogen-bond donors (Lipinski definition) is 10. The number of urea groups is 1. The smallest absolute Gasteiger partial charge is 0.410 e. The molecule has 8 heterocycles. The lowest BCUT2D eigenvalue weighted by Crippen LogP contribution is -2.47. The molecule has 11 N–H and O–H groups in total. The van der Waals surface area contributed by atoms with Crippen LogP contribution >= 0.6 is 81.5 Å². The Bertz CT molecular complexity index is 5540. The second kappa shape index (κ2) is 63.5. The number of β-amino-alcohol motifs (C(OH)–C–C–N with tert-alkyl or cyclic N) is 3. The van der Waals surface area contributed by atoms with Crippen LogP contribution in [0.3, 0.4) is 0 Å². The van der Waals surface area contributed by atoms with Crippen molar-refractivity contribution in [2.75, 3.05) is 33.7 Å². The third-order valence-corrected chi connectivity index (χ3v) is 28.7. The molecule has 5 aromatic heterocycles. The first kappa shape index (κ1) is 119. The van der Waals surface area contributed by atoms with Gasteiger partial charge in [0.15, 0.2) is 11.6 Å². The van der Waals surface area contributed by atoms with Gasteiger partial charge >= 0.3 is 36.4 Å². The molecule has 0 spiro atoms. The highest BCUT2D eigenvalue weighted by atomic mass is 35.5. The summed E-state index contributed by atoms with van der Waals surface area (Å²) >= 11 is 7.65. The van der Waals surface area contributed by atoms with Gasteiger partial charge in [0.05, 0.1) is 96.1 Å². The first-order chi connectivity index (χ1) is 68.8. The van der Waals surface area contributed by atoms with Crippen LogP contribution in [0.15, 0.2) is 228 Å². The summed E-state index contributed by atoms with van der Waals surface area (Å²) in [5.41, 5.74) is 19.5. The Kier molecular flexibility index (Phi) is 52.2. The Labute approximate surface area is 884 Å². The van der Waals surface area contributed by atoms with Crippen molar-refractivity contribution in [2.45, 2.75) is 269 Å². The zero-order chi connectivity index (χ0) is 102. The van der Waals surface area contributed by atoms with Crippen molar-refractivity contribution in [1.29, 1.82) is 0 Å². The van der Waals surface area contributed by atoms with Crippen molar-refractivity contribution in [3.05, 3.63) is 297 Å². The molecule has 3 saturated heterocycles. The summed E-state index contributed by atoms with van der Waals surface area (Å²) in [6.45, 7) is 16.2. The summed E-state index contributed by atoms with van der Waals surface area (Å²) in [6.07, 6.45) is 10.6. The summed E-state index contributed by atoms with van der Waals surface area (Å²) in [7, 11) is 3.65. The lowest BCUT2D eigenvalue weighted by atomic mass is 9.86. The van der Waals surface area contributed by atoms with Gasteiger partial charge in [-0.05, 0) is 150 Å². The van der Waals surface area contributed by atoms with Crippen LogP contribution in [0.4, 0.5) is 24.0 Å². The fourth-order valence-corrected chi connectivity index (χ4v) is 20.0. The highest BCUT2D eigenvalue weighted by molar-refractivity contribution is 7.10. The van der Waals surface area contributed by atoms with E-state index in [1.165, 1.54) is 59.9 Å². The predicted octanol–water partition coefficient (Wildman–Crippen LogP) is 18.7. The van der Waals surface area contributed by atoms with Gasteiger partial charge in [0.2, 0.25) is 0 Å². The molecule has 6 amide bonds. The Balaban J connectivity index is 0.000000245. The largest absolute Gasteiger partial charge is 0.480 e. The first-order valence-electron chi connectivity index (χ1n) is 48.8. The number of alkyl carbamates (subject to hydrolysis) is 3. The SMILES string of the molecule is CC(C)(C)OC(=O)N1C[C@@H](O)C[C@H]1C(=O)C[C@H](CC[C@H](Cc1ccccc1)NC(=O)OCc1cncs1)Cc1ccccc1.CC(C)c1nc(CN(C)C(=O)N2C[C@@H](O)C[C@H]2C(=O)C[C@H](CC[C@H](Cc2ccccc2)NC(=O)OCc2cncs2)Cc2ccccc2)cs1.CNCc1csc(C(C)C)n1.Cl.Cl.N[C@H](CC[C@H](Cc1ccccc1)NC(=O)OCc1cncs1)Cc1ccccc1.O=C(O)[C@@H]1C[C@H](O)CN1. The number of rotatable bonds is 43. The molecule has 37 heteroatoms. The zero-order valence-corrected chi connectivity index (χ0v) is 89.6. The number of nitrogens with one attached hydrogen (secondary N) is 5. The van der Waals surface area contributed by atoms with Gasteiger partial charge in [0, 0.05) is 124 Å². The van der Waals surface area contributed by atoms with E-state index in [1.807, 2.05) is 158 Å². The minimum Gasteiger partial charge on any atom is -0.480 e. The van der Waals surface area contributed by atoms with E-state index >= 15 is 0 Å². The molecule has 30 nitrogen and oxygen atoms in total. The van der Waals surface area contributed by atoms with Crippen molar-refractivity contribution < 1.29 is 77.7 Å². The number of carboxylic acid groups (broad SMARTS) is 1. The third kappa shape index (κ3) is 44.3. The summed E-state index contributed by atoms with van der Waals surface area (Å²) in [4.78, 5) is 131. The van der Waals surface area contributed by atoms with Gasteiger partial charge in [-0.1, -0.05) is 210 Å². The molecule has 14 rings (SSSR count). The Morgan fingerprint density at radius 3 is 1.16 bits per heavy atom. The number of Topliss-reactive ketones (excluding diaryl/α,β-unsaturated/α-hetero) is 2. The first-order valence-corrected chi connectivity index (χ1v) is 53.2. The summed E-state index contributed by atoms with van der Waals surface area (Å²) in [5.74, 6) is -0.258. The van der Waals surface area contributed by atoms with Crippen LogP contribution in [-0.4, -0.2) is 208 Å². The van der Waals surface area contributed by atoms with Crippen LogP contribution in [0.1, 0.15) is 200 Å². The van der Waals surface area contributed by atoms with E-state index in [9.17, 15) is 48.6 Å². The Morgan fingerprint density at radius 1 is 0.476 bits per heavy atom. The van der Waals surface area contributed by atoms with Gasteiger partial charge in [-0.3, -0.25) is 34.2 Å². The van der Waals surface area contributed by atoms with Crippen LogP contribution in [0.5, 0.6) is 0 Å².